The summed E-state index contributed by atoms with van der Waals surface area (Å²) in [5.74, 6) is 0.633. The molecule has 0 atom stereocenters. The lowest BCUT2D eigenvalue weighted by Gasteiger charge is -2.36. The summed E-state index contributed by atoms with van der Waals surface area (Å²) >= 11 is 12.3. The van der Waals surface area contributed by atoms with Crippen molar-refractivity contribution in [2.75, 3.05) is 41.7 Å². The summed E-state index contributed by atoms with van der Waals surface area (Å²) in [7, 11) is 0. The summed E-state index contributed by atoms with van der Waals surface area (Å²) in [5, 5.41) is 6.69. The van der Waals surface area contributed by atoms with E-state index in [2.05, 4.69) is 15.5 Å². The van der Waals surface area contributed by atoms with Gasteiger partial charge in [-0.1, -0.05) is 48.5 Å². The van der Waals surface area contributed by atoms with E-state index in [-0.39, 0.29) is 11.9 Å². The Bertz CT molecular complexity index is 949. The fourth-order valence-electron chi connectivity index (χ4n) is 4.59. The van der Waals surface area contributed by atoms with Gasteiger partial charge >= 0.3 is 6.03 Å². The first-order valence-electron chi connectivity index (χ1n) is 11.6. The lowest BCUT2D eigenvalue weighted by molar-refractivity contribution is -0.117. The van der Waals surface area contributed by atoms with Crippen LogP contribution in [0.1, 0.15) is 38.5 Å². The lowest BCUT2D eigenvalue weighted by atomic mass is 9.87. The Balaban J connectivity index is 1.25. The molecule has 2 aromatic rings. The minimum Gasteiger partial charge on any atom is -0.368 e. The van der Waals surface area contributed by atoms with Crippen molar-refractivity contribution in [2.45, 2.75) is 38.5 Å². The zero-order chi connectivity index (χ0) is 23.2. The quantitative estimate of drug-likeness (QED) is 0.521. The molecule has 0 unspecified atom stereocenters. The second kappa shape index (κ2) is 11.1. The number of urea groups is 1. The van der Waals surface area contributed by atoms with Crippen molar-refractivity contribution >= 4 is 52.2 Å². The molecule has 1 heterocycles. The third kappa shape index (κ3) is 6.33. The normalized spacial score (nSPS) is 17.0. The molecule has 8 heteroatoms. The molecule has 0 radical (unpaired) electrons. The Morgan fingerprint density at radius 3 is 2.12 bits per heavy atom. The number of para-hydroxylation sites is 1. The van der Waals surface area contributed by atoms with Crippen molar-refractivity contribution in [2.24, 2.45) is 5.92 Å². The molecule has 0 bridgehead atoms. The first kappa shape index (κ1) is 23.7. The average molecular weight is 489 g/mol. The summed E-state index contributed by atoms with van der Waals surface area (Å²) in [5.41, 5.74) is 2.35. The van der Waals surface area contributed by atoms with E-state index in [1.165, 1.54) is 32.1 Å². The van der Waals surface area contributed by atoms with Gasteiger partial charge in [-0.3, -0.25) is 4.79 Å². The summed E-state index contributed by atoms with van der Waals surface area (Å²) in [6.45, 7) is 2.62. The third-order valence-electron chi connectivity index (χ3n) is 6.48. The van der Waals surface area contributed by atoms with Crippen molar-refractivity contribution in [1.82, 2.24) is 4.90 Å². The number of benzene rings is 2. The molecule has 2 aromatic carbocycles. The van der Waals surface area contributed by atoms with E-state index in [1.807, 2.05) is 24.3 Å². The van der Waals surface area contributed by atoms with Crippen LogP contribution < -0.4 is 15.5 Å². The van der Waals surface area contributed by atoms with E-state index >= 15 is 0 Å². The van der Waals surface area contributed by atoms with Crippen LogP contribution in [0.4, 0.5) is 21.9 Å². The van der Waals surface area contributed by atoms with Gasteiger partial charge in [0.15, 0.2) is 0 Å². The van der Waals surface area contributed by atoms with Crippen molar-refractivity contribution in [3.63, 3.8) is 0 Å². The molecular weight excluding hydrogens is 459 g/mol. The van der Waals surface area contributed by atoms with Crippen LogP contribution in [0, 0.1) is 5.92 Å². The van der Waals surface area contributed by atoms with E-state index in [0.717, 1.165) is 24.5 Å². The van der Waals surface area contributed by atoms with Crippen molar-refractivity contribution in [1.29, 1.82) is 0 Å². The number of hydrogen-bond acceptors (Lipinski definition) is 3. The lowest BCUT2D eigenvalue weighted by Crippen LogP contribution is -2.50. The number of anilines is 3. The standard InChI is InChI=1S/C25H30Cl2N4O2/c26-21-7-4-8-22(27)24(21)29-25(33)31-15-13-30(14-16-31)20-11-9-19(10-12-20)28-23(32)17-18-5-2-1-3-6-18/h4,7-12,18H,1-3,5-6,13-17H2,(H,28,32)(H,29,33). The molecule has 4 rings (SSSR count). The Kier molecular flexibility index (Phi) is 7.99. The van der Waals surface area contributed by atoms with Gasteiger partial charge in [-0.05, 0) is 55.2 Å². The number of piperazine rings is 1. The summed E-state index contributed by atoms with van der Waals surface area (Å²) < 4.78 is 0. The third-order valence-corrected chi connectivity index (χ3v) is 7.11. The molecule has 1 saturated heterocycles. The number of amides is 3. The minimum absolute atomic E-state index is 0.105. The van der Waals surface area contributed by atoms with Gasteiger partial charge in [-0.25, -0.2) is 4.79 Å². The van der Waals surface area contributed by atoms with Gasteiger partial charge < -0.3 is 20.4 Å². The smallest absolute Gasteiger partial charge is 0.322 e. The van der Waals surface area contributed by atoms with E-state index < -0.39 is 0 Å². The highest BCUT2D eigenvalue weighted by molar-refractivity contribution is 6.39. The fraction of sp³-hybridized carbons (Fsp3) is 0.440. The maximum absolute atomic E-state index is 12.6. The number of carbonyl (C=O) groups excluding carboxylic acids is 2. The van der Waals surface area contributed by atoms with Crippen LogP contribution in [-0.4, -0.2) is 43.0 Å². The Labute approximate surface area is 205 Å². The van der Waals surface area contributed by atoms with E-state index in [9.17, 15) is 9.59 Å². The topological polar surface area (TPSA) is 64.7 Å². The Hall–Kier alpha value is -2.44. The van der Waals surface area contributed by atoms with Crippen LogP contribution in [0.3, 0.4) is 0 Å². The molecule has 2 N–H and O–H groups in total. The molecule has 1 aliphatic carbocycles. The molecule has 0 aromatic heterocycles. The van der Waals surface area contributed by atoms with Gasteiger partial charge in [-0.15, -0.1) is 0 Å². The van der Waals surface area contributed by atoms with Gasteiger partial charge in [-0.2, -0.15) is 0 Å². The first-order chi connectivity index (χ1) is 16.0. The Morgan fingerprint density at radius 2 is 1.48 bits per heavy atom. The van der Waals surface area contributed by atoms with E-state index in [4.69, 9.17) is 23.2 Å². The highest BCUT2D eigenvalue weighted by Gasteiger charge is 2.23. The van der Waals surface area contributed by atoms with Crippen molar-refractivity contribution in [3.8, 4) is 0 Å². The molecular formula is C25H30Cl2N4O2. The van der Waals surface area contributed by atoms with E-state index in [0.29, 0.717) is 41.2 Å². The average Bonchev–Trinajstić information content (AvgIpc) is 2.82. The van der Waals surface area contributed by atoms with Crippen molar-refractivity contribution < 1.29 is 9.59 Å². The van der Waals surface area contributed by atoms with Crippen molar-refractivity contribution in [3.05, 3.63) is 52.5 Å². The number of nitrogens with one attached hydrogen (secondary N) is 2. The van der Waals surface area contributed by atoms with Crippen LogP contribution in [-0.2, 0) is 4.79 Å². The molecule has 33 heavy (non-hydrogen) atoms. The summed E-state index contributed by atoms with van der Waals surface area (Å²) in [6.07, 6.45) is 6.74. The molecule has 176 valence electrons. The van der Waals surface area contributed by atoms with Gasteiger partial charge in [0.05, 0.1) is 15.7 Å². The SMILES string of the molecule is O=C(CC1CCCCC1)Nc1ccc(N2CCN(C(=O)Nc3c(Cl)cccc3Cl)CC2)cc1. The maximum atomic E-state index is 12.6. The van der Waals surface area contributed by atoms with Gasteiger partial charge in [0.25, 0.3) is 0 Å². The molecule has 0 spiro atoms. The highest BCUT2D eigenvalue weighted by atomic mass is 35.5. The molecule has 3 amide bonds. The zero-order valence-electron chi connectivity index (χ0n) is 18.7. The van der Waals surface area contributed by atoms with Crippen LogP contribution in [0.2, 0.25) is 10.0 Å². The second-order valence-electron chi connectivity index (χ2n) is 8.80. The molecule has 2 fully saturated rings. The largest absolute Gasteiger partial charge is 0.368 e. The van der Waals surface area contributed by atoms with Crippen LogP contribution >= 0.6 is 23.2 Å². The maximum Gasteiger partial charge on any atom is 0.322 e. The van der Waals surface area contributed by atoms with Gasteiger partial charge in [0, 0.05) is 44.0 Å². The monoisotopic (exact) mass is 488 g/mol. The predicted octanol–water partition coefficient (Wildman–Crippen LogP) is 6.26. The van der Waals surface area contributed by atoms with E-state index in [1.54, 1.807) is 23.1 Å². The number of rotatable bonds is 5. The molecule has 6 nitrogen and oxygen atoms in total. The number of carbonyl (C=O) groups is 2. The highest BCUT2D eigenvalue weighted by Crippen LogP contribution is 2.30. The van der Waals surface area contributed by atoms with Crippen LogP contribution in [0.15, 0.2) is 42.5 Å². The first-order valence-corrected chi connectivity index (χ1v) is 12.4. The van der Waals surface area contributed by atoms with Crippen LogP contribution in [0.25, 0.3) is 0 Å². The fourth-order valence-corrected chi connectivity index (χ4v) is 5.08. The second-order valence-corrected chi connectivity index (χ2v) is 9.62. The number of nitrogens with zero attached hydrogens (tertiary/aromatic N) is 2. The van der Waals surface area contributed by atoms with Gasteiger partial charge in [0.1, 0.15) is 0 Å². The Morgan fingerprint density at radius 1 is 0.848 bits per heavy atom. The predicted molar refractivity (Wildman–Crippen MR) is 136 cm³/mol. The number of hydrogen-bond donors (Lipinski definition) is 2. The summed E-state index contributed by atoms with van der Waals surface area (Å²) in [4.78, 5) is 29.0. The molecule has 1 aliphatic heterocycles. The van der Waals surface area contributed by atoms with Crippen LogP contribution in [0.5, 0.6) is 0 Å². The van der Waals surface area contributed by atoms with Gasteiger partial charge in [0.2, 0.25) is 5.91 Å². The molecule has 1 saturated carbocycles. The number of halogens is 2. The summed E-state index contributed by atoms with van der Waals surface area (Å²) in [6, 6.07) is 12.9. The zero-order valence-corrected chi connectivity index (χ0v) is 20.2. The minimum atomic E-state index is -0.208. The molecule has 2 aliphatic rings.